The number of hydrogen-bond donors (Lipinski definition) is 1. The maximum atomic E-state index is 12.5. The van der Waals surface area contributed by atoms with Crippen molar-refractivity contribution in [2.45, 2.75) is 39.5 Å². The number of rotatable bonds is 6. The van der Waals surface area contributed by atoms with Gasteiger partial charge in [0.15, 0.2) is 0 Å². The standard InChI is InChI=1S/C20H22N2O5S/c1-3-27-20(24)18-15-9-4-12(2)10-16(15)28-19(18)21-17(23)11-13-5-7-14(8-6-13)22(25)26/h5-8,12H,3-4,9-11H2,1-2H3,(H,21,23)/t12-/m1/s1. The number of ether oxygens (including phenoxy) is 1. The predicted octanol–water partition coefficient (Wildman–Crippen LogP) is 4.14. The van der Waals surface area contributed by atoms with Crippen LogP contribution < -0.4 is 5.32 Å². The molecular weight excluding hydrogens is 380 g/mol. The number of thiophene rings is 1. The van der Waals surface area contributed by atoms with Crippen LogP contribution in [0.4, 0.5) is 10.7 Å². The van der Waals surface area contributed by atoms with E-state index in [-0.39, 0.29) is 24.6 Å². The first kappa shape index (κ1) is 20.0. The average Bonchev–Trinajstić information content (AvgIpc) is 2.98. The summed E-state index contributed by atoms with van der Waals surface area (Å²) < 4.78 is 5.21. The Kier molecular flexibility index (Phi) is 6.08. The first-order valence-electron chi connectivity index (χ1n) is 9.23. The van der Waals surface area contributed by atoms with E-state index < -0.39 is 10.9 Å². The molecule has 0 unspecified atom stereocenters. The van der Waals surface area contributed by atoms with Gasteiger partial charge in [0.05, 0.1) is 23.5 Å². The summed E-state index contributed by atoms with van der Waals surface area (Å²) in [6.07, 6.45) is 2.77. The zero-order chi connectivity index (χ0) is 20.3. The fourth-order valence-electron chi connectivity index (χ4n) is 3.35. The van der Waals surface area contributed by atoms with Crippen molar-refractivity contribution in [2.75, 3.05) is 11.9 Å². The number of carbonyl (C=O) groups is 2. The van der Waals surface area contributed by atoms with E-state index in [1.54, 1.807) is 19.1 Å². The van der Waals surface area contributed by atoms with Gasteiger partial charge in [0.25, 0.3) is 5.69 Å². The van der Waals surface area contributed by atoms with Crippen LogP contribution in [0, 0.1) is 16.0 Å². The lowest BCUT2D eigenvalue weighted by molar-refractivity contribution is -0.384. The molecule has 3 rings (SSSR count). The second kappa shape index (κ2) is 8.52. The van der Waals surface area contributed by atoms with Crippen LogP contribution in [0.1, 0.15) is 46.6 Å². The minimum Gasteiger partial charge on any atom is -0.462 e. The summed E-state index contributed by atoms with van der Waals surface area (Å²) in [5.74, 6) is -0.129. The van der Waals surface area contributed by atoms with Gasteiger partial charge in [-0.1, -0.05) is 19.1 Å². The van der Waals surface area contributed by atoms with Gasteiger partial charge >= 0.3 is 5.97 Å². The number of nitrogens with zero attached hydrogens (tertiary/aromatic N) is 1. The van der Waals surface area contributed by atoms with Gasteiger partial charge in [0, 0.05) is 17.0 Å². The fraction of sp³-hybridized carbons (Fsp3) is 0.400. The molecule has 0 saturated carbocycles. The van der Waals surface area contributed by atoms with Gasteiger partial charge in [-0.05, 0) is 43.2 Å². The highest BCUT2D eigenvalue weighted by molar-refractivity contribution is 7.17. The molecule has 1 aromatic carbocycles. The van der Waals surface area contributed by atoms with E-state index in [1.165, 1.54) is 23.5 Å². The Morgan fingerprint density at radius 3 is 2.68 bits per heavy atom. The average molecular weight is 402 g/mol. The Morgan fingerprint density at radius 2 is 2.04 bits per heavy atom. The molecule has 1 heterocycles. The van der Waals surface area contributed by atoms with Crippen LogP contribution in [-0.2, 0) is 28.8 Å². The van der Waals surface area contributed by atoms with Gasteiger partial charge in [0.1, 0.15) is 5.00 Å². The molecule has 0 radical (unpaired) electrons. The number of non-ortho nitro benzene ring substituents is 1. The molecule has 28 heavy (non-hydrogen) atoms. The number of amides is 1. The van der Waals surface area contributed by atoms with E-state index in [0.717, 1.165) is 29.7 Å². The molecule has 0 spiro atoms. The summed E-state index contributed by atoms with van der Waals surface area (Å²) in [5, 5.41) is 14.1. The van der Waals surface area contributed by atoms with Crippen molar-refractivity contribution in [1.82, 2.24) is 0 Å². The third-order valence-electron chi connectivity index (χ3n) is 4.76. The number of carbonyl (C=O) groups excluding carboxylic acids is 2. The predicted molar refractivity (Wildman–Crippen MR) is 107 cm³/mol. The lowest BCUT2D eigenvalue weighted by Gasteiger charge is -2.18. The molecule has 1 N–H and O–H groups in total. The molecule has 1 atom stereocenters. The first-order valence-corrected chi connectivity index (χ1v) is 10.1. The number of hydrogen-bond acceptors (Lipinski definition) is 6. The number of nitrogens with one attached hydrogen (secondary N) is 1. The largest absolute Gasteiger partial charge is 0.462 e. The van der Waals surface area contributed by atoms with Crippen LogP contribution in [0.25, 0.3) is 0 Å². The molecule has 1 aliphatic carbocycles. The van der Waals surface area contributed by atoms with E-state index >= 15 is 0 Å². The van der Waals surface area contributed by atoms with Gasteiger partial charge in [-0.2, -0.15) is 0 Å². The highest BCUT2D eigenvalue weighted by atomic mass is 32.1. The van der Waals surface area contributed by atoms with E-state index in [4.69, 9.17) is 4.74 Å². The molecule has 7 nitrogen and oxygen atoms in total. The highest BCUT2D eigenvalue weighted by Crippen LogP contribution is 2.40. The van der Waals surface area contributed by atoms with Gasteiger partial charge < -0.3 is 10.1 Å². The highest BCUT2D eigenvalue weighted by Gasteiger charge is 2.29. The first-order chi connectivity index (χ1) is 13.4. The zero-order valence-corrected chi connectivity index (χ0v) is 16.6. The third-order valence-corrected chi connectivity index (χ3v) is 5.93. The van der Waals surface area contributed by atoms with Crippen molar-refractivity contribution in [1.29, 1.82) is 0 Å². The second-order valence-electron chi connectivity index (χ2n) is 6.92. The summed E-state index contributed by atoms with van der Waals surface area (Å²) in [7, 11) is 0. The minimum atomic E-state index is -0.480. The number of anilines is 1. The molecule has 8 heteroatoms. The molecule has 2 aromatic rings. The number of esters is 1. The minimum absolute atomic E-state index is 0.0196. The lowest BCUT2D eigenvalue weighted by atomic mass is 9.88. The van der Waals surface area contributed by atoms with Crippen molar-refractivity contribution in [3.8, 4) is 0 Å². The molecule has 0 fully saturated rings. The van der Waals surface area contributed by atoms with Gasteiger partial charge in [-0.3, -0.25) is 14.9 Å². The zero-order valence-electron chi connectivity index (χ0n) is 15.8. The van der Waals surface area contributed by atoms with E-state index in [1.807, 2.05) is 0 Å². The smallest absolute Gasteiger partial charge is 0.341 e. The summed E-state index contributed by atoms with van der Waals surface area (Å²) in [5.41, 5.74) is 2.11. The van der Waals surface area contributed by atoms with Crippen LogP contribution in [0.2, 0.25) is 0 Å². The fourth-order valence-corrected chi connectivity index (χ4v) is 4.76. The summed E-state index contributed by atoms with van der Waals surface area (Å²) in [6, 6.07) is 5.87. The number of benzene rings is 1. The lowest BCUT2D eigenvalue weighted by Crippen LogP contribution is -2.17. The molecule has 1 aromatic heterocycles. The van der Waals surface area contributed by atoms with E-state index in [9.17, 15) is 19.7 Å². The molecule has 0 bridgehead atoms. The molecular formula is C20H22N2O5S. The molecule has 0 aliphatic heterocycles. The van der Waals surface area contributed by atoms with E-state index in [2.05, 4.69) is 12.2 Å². The van der Waals surface area contributed by atoms with Crippen molar-refractivity contribution >= 4 is 33.9 Å². The van der Waals surface area contributed by atoms with Crippen LogP contribution in [0.15, 0.2) is 24.3 Å². The van der Waals surface area contributed by atoms with Gasteiger partial charge in [0.2, 0.25) is 5.91 Å². The Hall–Kier alpha value is -2.74. The van der Waals surface area contributed by atoms with Crippen LogP contribution >= 0.6 is 11.3 Å². The second-order valence-corrected chi connectivity index (χ2v) is 8.03. The normalized spacial score (nSPS) is 15.6. The number of fused-ring (bicyclic) bond motifs is 1. The van der Waals surface area contributed by atoms with Crippen LogP contribution in [0.3, 0.4) is 0 Å². The van der Waals surface area contributed by atoms with E-state index in [0.29, 0.717) is 22.0 Å². The van der Waals surface area contributed by atoms with Crippen molar-refractivity contribution in [2.24, 2.45) is 5.92 Å². The Morgan fingerprint density at radius 1 is 1.32 bits per heavy atom. The Bertz CT molecular complexity index is 904. The van der Waals surface area contributed by atoms with Gasteiger partial charge in [-0.25, -0.2) is 4.79 Å². The topological polar surface area (TPSA) is 98.5 Å². The Balaban J connectivity index is 1.79. The maximum Gasteiger partial charge on any atom is 0.341 e. The molecule has 1 aliphatic rings. The van der Waals surface area contributed by atoms with Crippen LogP contribution in [-0.4, -0.2) is 23.4 Å². The quantitative estimate of drug-likeness (QED) is 0.445. The molecule has 1 amide bonds. The molecule has 148 valence electrons. The summed E-state index contributed by atoms with van der Waals surface area (Å²) in [4.78, 5) is 36.4. The molecule has 0 saturated heterocycles. The monoisotopic (exact) mass is 402 g/mol. The van der Waals surface area contributed by atoms with Crippen molar-refractivity contribution in [3.63, 3.8) is 0 Å². The summed E-state index contributed by atoms with van der Waals surface area (Å²) in [6.45, 7) is 4.21. The van der Waals surface area contributed by atoms with Gasteiger partial charge in [-0.15, -0.1) is 11.3 Å². The van der Waals surface area contributed by atoms with Crippen LogP contribution in [0.5, 0.6) is 0 Å². The number of nitro benzene ring substituents is 1. The number of nitro groups is 1. The Labute approximate surface area is 166 Å². The maximum absolute atomic E-state index is 12.5. The SMILES string of the molecule is CCOC(=O)c1c(NC(=O)Cc2ccc([N+](=O)[O-])cc2)sc2c1CC[C@@H](C)C2. The summed E-state index contributed by atoms with van der Waals surface area (Å²) >= 11 is 1.44. The van der Waals surface area contributed by atoms with Crippen molar-refractivity contribution in [3.05, 3.63) is 55.9 Å². The van der Waals surface area contributed by atoms with Crippen molar-refractivity contribution < 1.29 is 19.2 Å². The third kappa shape index (κ3) is 4.39.